The fraction of sp³-hybridized carbons (Fsp3) is 0.316. The van der Waals surface area contributed by atoms with Gasteiger partial charge in [-0.25, -0.2) is 8.42 Å². The Morgan fingerprint density at radius 2 is 1.81 bits per heavy atom. The first-order valence-electron chi connectivity index (χ1n) is 8.49. The summed E-state index contributed by atoms with van der Waals surface area (Å²) >= 11 is 0. The monoisotopic (exact) mass is 375 g/mol. The van der Waals surface area contributed by atoms with Crippen LogP contribution in [0.15, 0.2) is 53.4 Å². The summed E-state index contributed by atoms with van der Waals surface area (Å²) in [6.07, 6.45) is 0.796. The molecule has 0 aliphatic heterocycles. The van der Waals surface area contributed by atoms with E-state index in [0.717, 1.165) is 12.0 Å². The van der Waals surface area contributed by atoms with E-state index in [1.807, 2.05) is 13.8 Å². The van der Waals surface area contributed by atoms with Crippen LogP contribution < -0.4 is 15.8 Å². The molecule has 4 N–H and O–H groups in total. The molecule has 140 valence electrons. The van der Waals surface area contributed by atoms with Gasteiger partial charge in [0.25, 0.3) is 10.0 Å². The zero-order valence-electron chi connectivity index (χ0n) is 15.2. The van der Waals surface area contributed by atoms with Gasteiger partial charge in [-0.1, -0.05) is 44.5 Å². The van der Waals surface area contributed by atoms with Gasteiger partial charge in [0.2, 0.25) is 5.91 Å². The summed E-state index contributed by atoms with van der Waals surface area (Å²) in [5.74, 6) is -0.239. The number of rotatable bonds is 7. The molecule has 0 fully saturated rings. The molecule has 0 spiro atoms. The standard InChI is InChI=1S/C19H25N3O3S/c1-4-13(2)18(20)19(23)21-15-11-10-14(3)17(12-15)22-26(24,25)16-8-6-5-7-9-16/h5-13,18,22H,4,20H2,1-3H3,(H,21,23). The molecule has 0 bridgehead atoms. The van der Waals surface area contributed by atoms with Crippen molar-refractivity contribution in [1.82, 2.24) is 0 Å². The second kappa shape index (κ2) is 8.33. The molecule has 26 heavy (non-hydrogen) atoms. The number of sulfonamides is 1. The Balaban J connectivity index is 2.21. The van der Waals surface area contributed by atoms with Crippen molar-refractivity contribution in [2.24, 2.45) is 11.7 Å². The lowest BCUT2D eigenvalue weighted by atomic mass is 9.99. The molecule has 2 atom stereocenters. The summed E-state index contributed by atoms with van der Waals surface area (Å²) in [4.78, 5) is 12.4. The van der Waals surface area contributed by atoms with E-state index in [9.17, 15) is 13.2 Å². The molecule has 2 aromatic rings. The molecule has 0 saturated heterocycles. The third kappa shape index (κ3) is 4.83. The number of amides is 1. The molecule has 0 aromatic heterocycles. The maximum atomic E-state index is 12.5. The van der Waals surface area contributed by atoms with Crippen molar-refractivity contribution in [2.75, 3.05) is 10.0 Å². The molecule has 0 aliphatic carbocycles. The molecule has 0 saturated carbocycles. The van der Waals surface area contributed by atoms with Crippen LogP contribution in [0.3, 0.4) is 0 Å². The van der Waals surface area contributed by atoms with Crippen molar-refractivity contribution >= 4 is 27.3 Å². The SMILES string of the molecule is CCC(C)C(N)C(=O)Nc1ccc(C)c(NS(=O)(=O)c2ccccc2)c1. The number of carbonyl (C=O) groups excluding carboxylic acids is 1. The van der Waals surface area contributed by atoms with Crippen molar-refractivity contribution in [2.45, 2.75) is 38.1 Å². The van der Waals surface area contributed by atoms with Gasteiger partial charge < -0.3 is 11.1 Å². The number of aryl methyl sites for hydroxylation is 1. The van der Waals surface area contributed by atoms with E-state index in [1.165, 1.54) is 12.1 Å². The highest BCUT2D eigenvalue weighted by atomic mass is 32.2. The Morgan fingerprint density at radius 1 is 1.15 bits per heavy atom. The van der Waals surface area contributed by atoms with Crippen LogP contribution in [-0.4, -0.2) is 20.4 Å². The Bertz CT molecular complexity index is 867. The molecule has 0 radical (unpaired) electrons. The quantitative estimate of drug-likeness (QED) is 0.692. The Labute approximate surface area is 154 Å². The summed E-state index contributed by atoms with van der Waals surface area (Å²) in [6, 6.07) is 12.6. The first kappa shape index (κ1) is 19.9. The van der Waals surface area contributed by atoms with Crippen molar-refractivity contribution in [3.8, 4) is 0 Å². The summed E-state index contributed by atoms with van der Waals surface area (Å²) in [7, 11) is -3.70. The topological polar surface area (TPSA) is 101 Å². The van der Waals surface area contributed by atoms with Crippen molar-refractivity contribution in [3.63, 3.8) is 0 Å². The highest BCUT2D eigenvalue weighted by Crippen LogP contribution is 2.24. The number of nitrogens with one attached hydrogen (secondary N) is 2. The number of anilines is 2. The second-order valence-electron chi connectivity index (χ2n) is 6.35. The lowest BCUT2D eigenvalue weighted by molar-refractivity contribution is -0.118. The number of carbonyl (C=O) groups is 1. The summed E-state index contributed by atoms with van der Waals surface area (Å²) in [5, 5.41) is 2.75. The van der Waals surface area contributed by atoms with Crippen LogP contribution in [-0.2, 0) is 14.8 Å². The first-order chi connectivity index (χ1) is 12.2. The minimum atomic E-state index is -3.70. The molecule has 6 nitrogen and oxygen atoms in total. The van der Waals surface area contributed by atoms with Gasteiger partial charge in [0.15, 0.2) is 0 Å². The second-order valence-corrected chi connectivity index (χ2v) is 8.03. The summed E-state index contributed by atoms with van der Waals surface area (Å²) in [6.45, 7) is 5.68. The molecular formula is C19H25N3O3S. The maximum absolute atomic E-state index is 12.5. The number of hydrogen-bond acceptors (Lipinski definition) is 4. The molecular weight excluding hydrogens is 350 g/mol. The molecule has 2 aromatic carbocycles. The molecule has 2 unspecified atom stereocenters. The van der Waals surface area contributed by atoms with Crippen molar-refractivity contribution < 1.29 is 13.2 Å². The van der Waals surface area contributed by atoms with E-state index in [0.29, 0.717) is 11.4 Å². The van der Waals surface area contributed by atoms with E-state index in [1.54, 1.807) is 43.3 Å². The van der Waals surface area contributed by atoms with Gasteiger partial charge >= 0.3 is 0 Å². The van der Waals surface area contributed by atoms with Crippen LogP contribution in [0.5, 0.6) is 0 Å². The fourth-order valence-electron chi connectivity index (χ4n) is 2.35. The van der Waals surface area contributed by atoms with E-state index in [-0.39, 0.29) is 16.7 Å². The number of hydrogen-bond donors (Lipinski definition) is 3. The van der Waals surface area contributed by atoms with Gasteiger partial charge in [0, 0.05) is 5.69 Å². The van der Waals surface area contributed by atoms with Crippen molar-refractivity contribution in [1.29, 1.82) is 0 Å². The average Bonchev–Trinajstić information content (AvgIpc) is 2.63. The maximum Gasteiger partial charge on any atom is 0.261 e. The Hall–Kier alpha value is -2.38. The lowest BCUT2D eigenvalue weighted by Gasteiger charge is -2.18. The minimum Gasteiger partial charge on any atom is -0.325 e. The Kier molecular flexibility index (Phi) is 6.39. The van der Waals surface area contributed by atoms with Crippen LogP contribution in [0.25, 0.3) is 0 Å². The van der Waals surface area contributed by atoms with Gasteiger partial charge in [-0.3, -0.25) is 9.52 Å². The molecule has 0 heterocycles. The lowest BCUT2D eigenvalue weighted by Crippen LogP contribution is -2.40. The highest BCUT2D eigenvalue weighted by Gasteiger charge is 2.20. The highest BCUT2D eigenvalue weighted by molar-refractivity contribution is 7.92. The molecule has 7 heteroatoms. The molecule has 2 rings (SSSR count). The van der Waals surface area contributed by atoms with Crippen LogP contribution in [0.2, 0.25) is 0 Å². The largest absolute Gasteiger partial charge is 0.325 e. The fourth-order valence-corrected chi connectivity index (χ4v) is 3.49. The van der Waals surface area contributed by atoms with Crippen LogP contribution in [0.1, 0.15) is 25.8 Å². The van der Waals surface area contributed by atoms with Gasteiger partial charge in [-0.2, -0.15) is 0 Å². The van der Waals surface area contributed by atoms with Crippen molar-refractivity contribution in [3.05, 3.63) is 54.1 Å². The van der Waals surface area contributed by atoms with Gasteiger partial charge in [0.1, 0.15) is 0 Å². The van der Waals surface area contributed by atoms with Gasteiger partial charge in [-0.05, 0) is 42.7 Å². The van der Waals surface area contributed by atoms with E-state index < -0.39 is 16.1 Å². The average molecular weight is 375 g/mol. The Morgan fingerprint density at radius 3 is 2.42 bits per heavy atom. The predicted octanol–water partition coefficient (Wildman–Crippen LogP) is 3.11. The zero-order chi connectivity index (χ0) is 19.3. The smallest absolute Gasteiger partial charge is 0.261 e. The van der Waals surface area contributed by atoms with Gasteiger partial charge in [0.05, 0.1) is 16.6 Å². The predicted molar refractivity (Wildman–Crippen MR) is 104 cm³/mol. The summed E-state index contributed by atoms with van der Waals surface area (Å²) in [5.41, 5.74) is 7.58. The number of benzene rings is 2. The zero-order valence-corrected chi connectivity index (χ0v) is 16.0. The molecule has 0 aliphatic rings. The van der Waals surface area contributed by atoms with Crippen LogP contribution in [0, 0.1) is 12.8 Å². The van der Waals surface area contributed by atoms with Crippen LogP contribution >= 0.6 is 0 Å². The third-order valence-electron chi connectivity index (χ3n) is 4.36. The van der Waals surface area contributed by atoms with Gasteiger partial charge in [-0.15, -0.1) is 0 Å². The molecule has 1 amide bonds. The number of nitrogens with two attached hydrogens (primary N) is 1. The normalized spacial score (nSPS) is 13.7. The minimum absolute atomic E-state index is 0.0523. The van der Waals surface area contributed by atoms with E-state index in [2.05, 4.69) is 10.0 Å². The van der Waals surface area contributed by atoms with Crippen LogP contribution in [0.4, 0.5) is 11.4 Å². The summed E-state index contributed by atoms with van der Waals surface area (Å²) < 4.78 is 27.6. The first-order valence-corrected chi connectivity index (χ1v) is 9.98. The van der Waals surface area contributed by atoms with E-state index >= 15 is 0 Å². The third-order valence-corrected chi connectivity index (χ3v) is 5.74. The van der Waals surface area contributed by atoms with E-state index in [4.69, 9.17) is 5.73 Å².